The molecule has 0 spiro atoms. The van der Waals surface area contributed by atoms with Gasteiger partial charge < -0.3 is 15.1 Å². The number of carbonyl (C=O) groups is 2. The van der Waals surface area contributed by atoms with Gasteiger partial charge in [0.2, 0.25) is 5.91 Å². The van der Waals surface area contributed by atoms with Gasteiger partial charge in [-0.3, -0.25) is 9.59 Å². The minimum atomic E-state index is -0.586. The lowest BCUT2D eigenvalue weighted by Gasteiger charge is -2.35. The van der Waals surface area contributed by atoms with Crippen molar-refractivity contribution in [3.05, 3.63) is 29.3 Å². The lowest BCUT2D eigenvalue weighted by molar-refractivity contribution is -0.119. The summed E-state index contributed by atoms with van der Waals surface area (Å²) in [5.74, 6) is 0.0262. The SMILES string of the molecule is CN1CCC(N(C)C(=O)c2ccc3c(c2)C(C)(C)C(=O)N3)CC1. The molecular weight excluding hydrogens is 290 g/mol. The van der Waals surface area contributed by atoms with E-state index in [0.717, 1.165) is 37.2 Å². The first-order valence-corrected chi connectivity index (χ1v) is 8.22. The molecule has 3 rings (SSSR count). The Labute approximate surface area is 137 Å². The zero-order valence-electron chi connectivity index (χ0n) is 14.3. The molecule has 0 aromatic heterocycles. The predicted octanol–water partition coefficient (Wildman–Crippen LogP) is 2.08. The molecule has 2 aliphatic heterocycles. The summed E-state index contributed by atoms with van der Waals surface area (Å²) in [6.45, 7) is 5.84. The monoisotopic (exact) mass is 315 g/mol. The molecule has 23 heavy (non-hydrogen) atoms. The van der Waals surface area contributed by atoms with Crippen LogP contribution in [0.4, 0.5) is 5.69 Å². The maximum Gasteiger partial charge on any atom is 0.253 e. The van der Waals surface area contributed by atoms with Gasteiger partial charge in [-0.05, 0) is 70.6 Å². The number of likely N-dealkylation sites (tertiary alicyclic amines) is 1. The van der Waals surface area contributed by atoms with Crippen LogP contribution in [0.25, 0.3) is 0 Å². The fourth-order valence-electron chi connectivity index (χ4n) is 3.46. The first-order chi connectivity index (χ1) is 10.8. The lowest BCUT2D eigenvalue weighted by Crippen LogP contribution is -2.44. The van der Waals surface area contributed by atoms with Crippen LogP contribution in [-0.4, -0.2) is 54.8 Å². The van der Waals surface area contributed by atoms with Gasteiger partial charge in [-0.2, -0.15) is 0 Å². The van der Waals surface area contributed by atoms with Crippen LogP contribution in [0.15, 0.2) is 18.2 Å². The summed E-state index contributed by atoms with van der Waals surface area (Å²) in [7, 11) is 4.00. The van der Waals surface area contributed by atoms with Gasteiger partial charge in [-0.25, -0.2) is 0 Å². The van der Waals surface area contributed by atoms with Gasteiger partial charge in [0.1, 0.15) is 0 Å². The smallest absolute Gasteiger partial charge is 0.253 e. The quantitative estimate of drug-likeness (QED) is 0.909. The number of piperidine rings is 1. The second kappa shape index (κ2) is 5.64. The molecule has 1 fully saturated rings. The van der Waals surface area contributed by atoms with Gasteiger partial charge in [-0.1, -0.05) is 0 Å². The van der Waals surface area contributed by atoms with E-state index in [4.69, 9.17) is 0 Å². The zero-order valence-corrected chi connectivity index (χ0v) is 14.3. The van der Waals surface area contributed by atoms with Gasteiger partial charge in [0.05, 0.1) is 5.41 Å². The Morgan fingerprint density at radius 3 is 2.61 bits per heavy atom. The average Bonchev–Trinajstić information content (AvgIpc) is 2.76. The largest absolute Gasteiger partial charge is 0.339 e. The number of amides is 2. The van der Waals surface area contributed by atoms with E-state index in [-0.39, 0.29) is 11.8 Å². The third-order valence-electron chi connectivity index (χ3n) is 5.31. The molecule has 0 radical (unpaired) electrons. The van der Waals surface area contributed by atoms with Crippen LogP contribution in [-0.2, 0) is 10.2 Å². The number of carbonyl (C=O) groups excluding carboxylic acids is 2. The van der Waals surface area contributed by atoms with Crippen molar-refractivity contribution < 1.29 is 9.59 Å². The predicted molar refractivity (Wildman–Crippen MR) is 90.7 cm³/mol. The minimum Gasteiger partial charge on any atom is -0.339 e. The van der Waals surface area contributed by atoms with Crippen LogP contribution in [0.5, 0.6) is 0 Å². The molecule has 1 aromatic rings. The van der Waals surface area contributed by atoms with Crippen molar-refractivity contribution >= 4 is 17.5 Å². The Bertz CT molecular complexity index is 646. The van der Waals surface area contributed by atoms with Crippen LogP contribution in [0.3, 0.4) is 0 Å². The molecule has 2 amide bonds. The third kappa shape index (κ3) is 2.74. The summed E-state index contributed by atoms with van der Waals surface area (Å²) in [5.41, 5.74) is 1.80. The fourth-order valence-corrected chi connectivity index (χ4v) is 3.46. The first kappa shape index (κ1) is 16.0. The number of hydrogen-bond acceptors (Lipinski definition) is 3. The zero-order chi connectivity index (χ0) is 16.8. The van der Waals surface area contributed by atoms with Crippen LogP contribution in [0, 0.1) is 0 Å². The lowest BCUT2D eigenvalue weighted by atomic mass is 9.85. The Morgan fingerprint density at radius 1 is 1.30 bits per heavy atom. The number of rotatable bonds is 2. The van der Waals surface area contributed by atoms with Crippen molar-refractivity contribution in [2.24, 2.45) is 0 Å². The number of nitrogens with one attached hydrogen (secondary N) is 1. The molecule has 0 atom stereocenters. The third-order valence-corrected chi connectivity index (χ3v) is 5.31. The molecule has 0 aliphatic carbocycles. The van der Waals surface area contributed by atoms with Crippen molar-refractivity contribution in [3.63, 3.8) is 0 Å². The highest BCUT2D eigenvalue weighted by Crippen LogP contribution is 2.37. The van der Waals surface area contributed by atoms with E-state index in [1.165, 1.54) is 0 Å². The molecule has 1 N–H and O–H groups in total. The molecule has 124 valence electrons. The van der Waals surface area contributed by atoms with Crippen molar-refractivity contribution in [1.82, 2.24) is 9.80 Å². The van der Waals surface area contributed by atoms with E-state index < -0.39 is 5.41 Å². The van der Waals surface area contributed by atoms with Crippen LogP contribution < -0.4 is 5.32 Å². The molecule has 2 heterocycles. The van der Waals surface area contributed by atoms with Crippen molar-refractivity contribution in [2.75, 3.05) is 32.5 Å². The van der Waals surface area contributed by atoms with E-state index >= 15 is 0 Å². The summed E-state index contributed by atoms with van der Waals surface area (Å²) in [4.78, 5) is 29.0. The van der Waals surface area contributed by atoms with Gasteiger partial charge in [-0.15, -0.1) is 0 Å². The van der Waals surface area contributed by atoms with Gasteiger partial charge in [0.25, 0.3) is 5.91 Å². The van der Waals surface area contributed by atoms with Crippen molar-refractivity contribution in [2.45, 2.75) is 38.1 Å². The summed E-state index contributed by atoms with van der Waals surface area (Å²) < 4.78 is 0. The molecule has 0 unspecified atom stereocenters. The molecule has 1 aromatic carbocycles. The number of anilines is 1. The van der Waals surface area contributed by atoms with E-state index in [0.29, 0.717) is 11.6 Å². The summed E-state index contributed by atoms with van der Waals surface area (Å²) >= 11 is 0. The normalized spacial score (nSPS) is 21.0. The molecule has 0 bridgehead atoms. The van der Waals surface area contributed by atoms with Crippen molar-refractivity contribution in [1.29, 1.82) is 0 Å². The summed E-state index contributed by atoms with van der Waals surface area (Å²) in [6.07, 6.45) is 2.02. The second-order valence-electron chi connectivity index (χ2n) is 7.29. The summed E-state index contributed by atoms with van der Waals surface area (Å²) in [6, 6.07) is 5.83. The van der Waals surface area contributed by atoms with Gasteiger partial charge in [0.15, 0.2) is 0 Å². The Hall–Kier alpha value is -1.88. The molecular formula is C18H25N3O2. The number of fused-ring (bicyclic) bond motifs is 1. The highest BCUT2D eigenvalue weighted by Gasteiger charge is 2.39. The van der Waals surface area contributed by atoms with Gasteiger partial charge in [0, 0.05) is 24.3 Å². The van der Waals surface area contributed by atoms with E-state index in [1.807, 2.05) is 44.0 Å². The molecule has 5 heteroatoms. The number of hydrogen-bond donors (Lipinski definition) is 1. The highest BCUT2D eigenvalue weighted by molar-refractivity contribution is 6.07. The Kier molecular flexibility index (Phi) is 3.92. The maximum atomic E-state index is 12.8. The summed E-state index contributed by atoms with van der Waals surface area (Å²) in [5, 5.41) is 2.88. The number of nitrogens with zero attached hydrogens (tertiary/aromatic N) is 2. The van der Waals surface area contributed by atoms with Crippen LogP contribution in [0.1, 0.15) is 42.6 Å². The minimum absolute atomic E-state index is 0.0132. The van der Waals surface area contributed by atoms with E-state index in [2.05, 4.69) is 17.3 Å². The van der Waals surface area contributed by atoms with Crippen molar-refractivity contribution in [3.8, 4) is 0 Å². The van der Waals surface area contributed by atoms with Gasteiger partial charge >= 0.3 is 0 Å². The molecule has 2 aliphatic rings. The highest BCUT2D eigenvalue weighted by atomic mass is 16.2. The van der Waals surface area contributed by atoms with E-state index in [1.54, 1.807) is 0 Å². The Morgan fingerprint density at radius 2 is 1.96 bits per heavy atom. The topological polar surface area (TPSA) is 52.7 Å². The average molecular weight is 315 g/mol. The number of benzene rings is 1. The first-order valence-electron chi connectivity index (χ1n) is 8.22. The molecule has 1 saturated heterocycles. The molecule has 5 nitrogen and oxygen atoms in total. The van der Waals surface area contributed by atoms with Crippen LogP contribution >= 0.6 is 0 Å². The fraction of sp³-hybridized carbons (Fsp3) is 0.556. The standard InChI is InChI=1S/C18H25N3O2/c1-18(2)14-11-12(5-6-15(14)19-17(18)23)16(22)21(4)13-7-9-20(3)10-8-13/h5-6,11,13H,7-10H2,1-4H3,(H,19,23). The van der Waals surface area contributed by atoms with Crippen LogP contribution in [0.2, 0.25) is 0 Å². The Balaban J connectivity index is 1.81. The second-order valence-corrected chi connectivity index (χ2v) is 7.29. The molecule has 0 saturated carbocycles. The van der Waals surface area contributed by atoms with E-state index in [9.17, 15) is 9.59 Å². The maximum absolute atomic E-state index is 12.8.